The van der Waals surface area contributed by atoms with Crippen molar-refractivity contribution in [2.45, 2.75) is 69.3 Å². The van der Waals surface area contributed by atoms with Crippen molar-refractivity contribution < 1.29 is 34.2 Å². The molecule has 16 nitrogen and oxygen atoms in total. The summed E-state index contributed by atoms with van der Waals surface area (Å²) < 4.78 is 0. The molecule has 0 saturated heterocycles. The van der Waals surface area contributed by atoms with E-state index in [0.29, 0.717) is 19.4 Å². The van der Waals surface area contributed by atoms with Crippen LogP contribution in [0.5, 0.6) is 0 Å². The molecule has 0 unspecified atom stereocenters. The topological polar surface area (TPSA) is 290 Å². The number of nitrogens with two attached hydrogens (primary N) is 4. The molecule has 0 aromatic heterocycles. The largest absolute Gasteiger partial charge is 0.480 e. The third-order valence-corrected chi connectivity index (χ3v) is 5.58. The van der Waals surface area contributed by atoms with Gasteiger partial charge in [0.15, 0.2) is 5.96 Å². The Balaban J connectivity index is 4.99. The van der Waals surface area contributed by atoms with Gasteiger partial charge in [-0.2, -0.15) is 12.6 Å². The average Bonchev–Trinajstić information content (AvgIpc) is 2.85. The molecule has 0 aliphatic heterocycles. The number of aliphatic hydroxyl groups is 1. The van der Waals surface area contributed by atoms with Gasteiger partial charge >= 0.3 is 5.97 Å². The number of carboxylic acids is 1. The van der Waals surface area contributed by atoms with Gasteiger partial charge in [-0.3, -0.25) is 24.2 Å². The molecule has 0 aliphatic rings. The van der Waals surface area contributed by atoms with Gasteiger partial charge in [0.1, 0.15) is 24.2 Å². The average molecular weight is 564 g/mol. The minimum Gasteiger partial charge on any atom is -0.480 e. The molecule has 0 rings (SSSR count). The highest BCUT2D eigenvalue weighted by Gasteiger charge is 2.28. The monoisotopic (exact) mass is 563 g/mol. The van der Waals surface area contributed by atoms with Gasteiger partial charge in [-0.15, -0.1) is 0 Å². The summed E-state index contributed by atoms with van der Waals surface area (Å²) >= 11 is 4.03. The van der Waals surface area contributed by atoms with Crippen molar-refractivity contribution in [3.63, 3.8) is 0 Å². The number of hydrogen-bond donors (Lipinski definition) is 11. The number of aliphatic hydroxyl groups excluding tert-OH is 1. The molecule has 0 heterocycles. The molecule has 17 heteroatoms. The maximum Gasteiger partial charge on any atom is 0.326 e. The van der Waals surface area contributed by atoms with Gasteiger partial charge in [0.2, 0.25) is 23.6 Å². The number of guanidine groups is 1. The number of aliphatic imine (C=N–C) groups is 1. The molecule has 4 amide bonds. The van der Waals surface area contributed by atoms with Crippen molar-refractivity contribution in [3.8, 4) is 0 Å². The number of amides is 4. The smallest absolute Gasteiger partial charge is 0.326 e. The number of nitrogens with one attached hydrogen (secondary N) is 4. The number of hydrogen-bond acceptors (Lipinski definition) is 10. The van der Waals surface area contributed by atoms with E-state index in [1.54, 1.807) is 0 Å². The summed E-state index contributed by atoms with van der Waals surface area (Å²) in [7, 11) is 0. The van der Waals surface area contributed by atoms with Gasteiger partial charge in [0.05, 0.1) is 12.6 Å². The van der Waals surface area contributed by atoms with E-state index in [4.69, 9.17) is 22.9 Å². The molecule has 14 N–H and O–H groups in total. The van der Waals surface area contributed by atoms with Gasteiger partial charge < -0.3 is 54.4 Å². The lowest BCUT2D eigenvalue weighted by Gasteiger charge is -2.22. The van der Waals surface area contributed by atoms with E-state index >= 15 is 0 Å². The molecule has 0 aromatic carbocycles. The van der Waals surface area contributed by atoms with E-state index in [9.17, 15) is 34.2 Å². The highest BCUT2D eigenvalue weighted by atomic mass is 32.1. The molecule has 0 spiro atoms. The summed E-state index contributed by atoms with van der Waals surface area (Å²) in [5, 5.41) is 28.4. The van der Waals surface area contributed by atoms with E-state index in [2.05, 4.69) is 38.9 Å². The van der Waals surface area contributed by atoms with Crippen LogP contribution in [0.3, 0.4) is 0 Å². The summed E-state index contributed by atoms with van der Waals surface area (Å²) in [5.74, 6) is -4.53. The lowest BCUT2D eigenvalue weighted by molar-refractivity contribution is -0.142. The zero-order chi connectivity index (χ0) is 29.3. The molecule has 218 valence electrons. The van der Waals surface area contributed by atoms with E-state index in [1.807, 2.05) is 0 Å². The molecule has 0 aromatic rings. The predicted molar refractivity (Wildman–Crippen MR) is 143 cm³/mol. The zero-order valence-electron chi connectivity index (χ0n) is 21.4. The van der Waals surface area contributed by atoms with Crippen LogP contribution in [-0.2, 0) is 24.0 Å². The fraction of sp³-hybridized carbons (Fsp3) is 0.714. The SMILES string of the molecule is C[C@@H](O)[C@H](N)C(=O)N[C@@H](CCCCN)C(=O)NCC(=O)N[C@@H](CS)C(=O)N[C@@H](CCCN=C(N)N)C(=O)O. The highest BCUT2D eigenvalue weighted by molar-refractivity contribution is 7.80. The van der Waals surface area contributed by atoms with Crippen LogP contribution < -0.4 is 44.2 Å². The number of nitrogens with zero attached hydrogens (tertiary/aromatic N) is 1. The first kappa shape index (κ1) is 34.9. The second-order valence-corrected chi connectivity index (χ2v) is 8.85. The fourth-order valence-electron chi connectivity index (χ4n) is 3.01. The molecule has 0 radical (unpaired) electrons. The predicted octanol–water partition coefficient (Wildman–Crippen LogP) is -4.54. The van der Waals surface area contributed by atoms with Crippen LogP contribution in [0.15, 0.2) is 4.99 Å². The van der Waals surface area contributed by atoms with Crippen LogP contribution >= 0.6 is 12.6 Å². The minimum absolute atomic E-state index is 0.0388. The second-order valence-electron chi connectivity index (χ2n) is 8.48. The molecule has 0 bridgehead atoms. The maximum absolute atomic E-state index is 12.6. The van der Waals surface area contributed by atoms with Gasteiger partial charge in [-0.1, -0.05) is 0 Å². The van der Waals surface area contributed by atoms with Crippen LogP contribution in [0.4, 0.5) is 0 Å². The highest BCUT2D eigenvalue weighted by Crippen LogP contribution is 2.03. The Morgan fingerprint density at radius 3 is 2.03 bits per heavy atom. The lowest BCUT2D eigenvalue weighted by Crippen LogP contribution is -2.56. The minimum atomic E-state index is -1.28. The van der Waals surface area contributed by atoms with Crippen LogP contribution in [0.25, 0.3) is 0 Å². The van der Waals surface area contributed by atoms with Gasteiger partial charge in [0.25, 0.3) is 0 Å². The van der Waals surface area contributed by atoms with Gasteiger partial charge in [0, 0.05) is 12.3 Å². The van der Waals surface area contributed by atoms with Crippen LogP contribution in [-0.4, -0.2) is 101 Å². The van der Waals surface area contributed by atoms with E-state index in [1.165, 1.54) is 6.92 Å². The summed E-state index contributed by atoms with van der Waals surface area (Å²) in [6.07, 6.45) is 0.485. The fourth-order valence-corrected chi connectivity index (χ4v) is 3.27. The van der Waals surface area contributed by atoms with Crippen molar-refractivity contribution >= 4 is 48.2 Å². The number of unbranched alkanes of at least 4 members (excludes halogenated alkanes) is 1. The Morgan fingerprint density at radius 2 is 1.50 bits per heavy atom. The third kappa shape index (κ3) is 14.6. The first-order chi connectivity index (χ1) is 17.8. The normalized spacial score (nSPS) is 14.7. The Labute approximate surface area is 226 Å². The molecule has 0 fully saturated rings. The molecule has 38 heavy (non-hydrogen) atoms. The Morgan fingerprint density at radius 1 is 0.895 bits per heavy atom. The Hall–Kier alpha value is -3.15. The van der Waals surface area contributed by atoms with Crippen LogP contribution in [0, 0.1) is 0 Å². The second kappa shape index (κ2) is 19.0. The summed E-state index contributed by atoms with van der Waals surface area (Å²) in [6, 6.07) is -4.72. The standard InChI is InChI=1S/C21H41N9O7S/c1-11(31)16(23)19(35)29-12(5-2-3-7-22)17(33)27-9-15(32)28-14(10-38)18(34)30-13(20(36)37)6-4-8-26-21(24)25/h11-14,16,31,38H,2-10,22-23H2,1H3,(H,27,33)(H,28,32)(H,29,35)(H,30,34)(H,36,37)(H4,24,25,26)/t11-,12+,13+,14+,16+/m1/s1. The van der Waals surface area contributed by atoms with Crippen LogP contribution in [0.2, 0.25) is 0 Å². The number of carbonyl (C=O) groups excluding carboxylic acids is 4. The van der Waals surface area contributed by atoms with Crippen molar-refractivity contribution in [1.82, 2.24) is 21.3 Å². The van der Waals surface area contributed by atoms with Crippen molar-refractivity contribution in [2.24, 2.45) is 27.9 Å². The van der Waals surface area contributed by atoms with Gasteiger partial charge in [-0.25, -0.2) is 4.79 Å². The zero-order valence-corrected chi connectivity index (χ0v) is 22.3. The van der Waals surface area contributed by atoms with E-state index in [-0.39, 0.29) is 37.5 Å². The van der Waals surface area contributed by atoms with Crippen molar-refractivity contribution in [2.75, 3.05) is 25.4 Å². The van der Waals surface area contributed by atoms with E-state index < -0.39 is 66.4 Å². The first-order valence-electron chi connectivity index (χ1n) is 12.0. The molecule has 5 atom stereocenters. The van der Waals surface area contributed by atoms with Crippen LogP contribution in [0.1, 0.15) is 39.0 Å². The molecular weight excluding hydrogens is 522 g/mol. The summed E-state index contributed by atoms with van der Waals surface area (Å²) in [5.41, 5.74) is 21.5. The molecule has 0 saturated carbocycles. The van der Waals surface area contributed by atoms with Crippen molar-refractivity contribution in [3.05, 3.63) is 0 Å². The number of aliphatic carboxylic acids is 1. The quantitative estimate of drug-likeness (QED) is 0.0308. The number of carbonyl (C=O) groups is 5. The molecule has 0 aliphatic carbocycles. The molecular formula is C21H41N9O7S. The maximum atomic E-state index is 12.6. The Bertz CT molecular complexity index is 825. The van der Waals surface area contributed by atoms with E-state index in [0.717, 1.165) is 0 Å². The van der Waals surface area contributed by atoms with Crippen molar-refractivity contribution in [1.29, 1.82) is 0 Å². The Kier molecular flexibility index (Phi) is 17.4. The summed E-state index contributed by atoms with van der Waals surface area (Å²) in [4.78, 5) is 64.9. The lowest BCUT2D eigenvalue weighted by atomic mass is 10.1. The third-order valence-electron chi connectivity index (χ3n) is 5.22. The number of thiol groups is 1. The number of carboxylic acid groups (broad SMARTS) is 1. The number of rotatable bonds is 19. The van der Waals surface area contributed by atoms with Gasteiger partial charge in [-0.05, 0) is 45.6 Å². The first-order valence-corrected chi connectivity index (χ1v) is 12.7. The summed E-state index contributed by atoms with van der Waals surface area (Å²) in [6.45, 7) is 1.34.